The van der Waals surface area contributed by atoms with Crippen LogP contribution in [0.15, 0.2) is 42.5 Å². The van der Waals surface area contributed by atoms with E-state index in [2.05, 4.69) is 0 Å². The Kier molecular flexibility index (Phi) is 2.15. The van der Waals surface area contributed by atoms with Gasteiger partial charge < -0.3 is 9.42 Å². The SMILES string of the molecule is Cc1ccc2c(c1)P(=O)(O)Oc1ccccc1-2. The van der Waals surface area contributed by atoms with Crippen molar-refractivity contribution in [3.63, 3.8) is 0 Å². The average molecular weight is 246 g/mol. The smallest absolute Gasteiger partial charge is 0.408 e. The molecule has 1 heterocycles. The van der Waals surface area contributed by atoms with Crippen molar-refractivity contribution in [1.29, 1.82) is 0 Å². The van der Waals surface area contributed by atoms with Crippen molar-refractivity contribution in [2.24, 2.45) is 0 Å². The van der Waals surface area contributed by atoms with Gasteiger partial charge in [0.2, 0.25) is 0 Å². The van der Waals surface area contributed by atoms with Gasteiger partial charge in [0, 0.05) is 11.1 Å². The molecule has 4 heteroatoms. The Bertz CT molecular complexity index is 649. The predicted octanol–water partition coefficient (Wildman–Crippen LogP) is 2.87. The molecule has 17 heavy (non-hydrogen) atoms. The lowest BCUT2D eigenvalue weighted by Crippen LogP contribution is -2.17. The minimum Gasteiger partial charge on any atom is -0.421 e. The molecule has 0 fully saturated rings. The second kappa shape index (κ2) is 3.46. The normalized spacial score (nSPS) is 21.3. The van der Waals surface area contributed by atoms with Gasteiger partial charge >= 0.3 is 7.60 Å². The third-order valence-electron chi connectivity index (χ3n) is 2.86. The number of hydrogen-bond donors (Lipinski definition) is 1. The predicted molar refractivity (Wildman–Crippen MR) is 66.7 cm³/mol. The monoisotopic (exact) mass is 246 g/mol. The quantitative estimate of drug-likeness (QED) is 0.727. The summed E-state index contributed by atoms with van der Waals surface area (Å²) in [5, 5.41) is 0.385. The van der Waals surface area contributed by atoms with Crippen molar-refractivity contribution in [2.45, 2.75) is 6.92 Å². The van der Waals surface area contributed by atoms with Crippen LogP contribution < -0.4 is 9.83 Å². The van der Waals surface area contributed by atoms with Gasteiger partial charge in [-0.2, -0.15) is 0 Å². The van der Waals surface area contributed by atoms with Crippen LogP contribution in [0.1, 0.15) is 5.56 Å². The number of para-hydroxylation sites is 1. The van der Waals surface area contributed by atoms with Crippen LogP contribution >= 0.6 is 7.60 Å². The largest absolute Gasteiger partial charge is 0.421 e. The summed E-state index contributed by atoms with van der Waals surface area (Å²) in [5.41, 5.74) is 2.59. The molecular weight excluding hydrogens is 235 g/mol. The van der Waals surface area contributed by atoms with Crippen molar-refractivity contribution in [3.8, 4) is 16.9 Å². The third kappa shape index (κ3) is 1.59. The number of hydrogen-bond acceptors (Lipinski definition) is 2. The van der Waals surface area contributed by atoms with Gasteiger partial charge in [-0.1, -0.05) is 35.9 Å². The van der Waals surface area contributed by atoms with E-state index >= 15 is 0 Å². The van der Waals surface area contributed by atoms with Crippen molar-refractivity contribution in [3.05, 3.63) is 48.0 Å². The maximum atomic E-state index is 12.1. The Labute approximate surface area is 99.2 Å². The number of aryl methyl sites for hydroxylation is 1. The highest BCUT2D eigenvalue weighted by Gasteiger charge is 2.34. The van der Waals surface area contributed by atoms with Crippen LogP contribution in [0.2, 0.25) is 0 Å². The fourth-order valence-corrected chi connectivity index (χ4v) is 3.44. The molecule has 0 radical (unpaired) electrons. The summed E-state index contributed by atoms with van der Waals surface area (Å²) in [4.78, 5) is 9.93. The Hall–Kier alpha value is -1.57. The highest BCUT2D eigenvalue weighted by atomic mass is 31.2. The van der Waals surface area contributed by atoms with E-state index in [1.54, 1.807) is 18.2 Å². The molecule has 0 bridgehead atoms. The first-order chi connectivity index (χ1) is 8.08. The summed E-state index contributed by atoms with van der Waals surface area (Å²) < 4.78 is 17.3. The molecule has 1 aliphatic heterocycles. The summed E-state index contributed by atoms with van der Waals surface area (Å²) in [5.74, 6) is 0.467. The van der Waals surface area contributed by atoms with Gasteiger partial charge in [0.05, 0.1) is 5.30 Å². The van der Waals surface area contributed by atoms with Crippen LogP contribution in [0, 0.1) is 6.92 Å². The molecule has 2 aromatic rings. The minimum atomic E-state index is -3.74. The van der Waals surface area contributed by atoms with E-state index in [0.717, 1.165) is 16.7 Å². The van der Waals surface area contributed by atoms with Crippen LogP contribution in [0.3, 0.4) is 0 Å². The Morgan fingerprint density at radius 2 is 1.88 bits per heavy atom. The Balaban J connectivity index is 2.37. The van der Waals surface area contributed by atoms with E-state index in [-0.39, 0.29) is 0 Å². The molecule has 0 amide bonds. The lowest BCUT2D eigenvalue weighted by Gasteiger charge is -2.24. The first kappa shape index (κ1) is 10.6. The molecule has 1 atom stereocenters. The Morgan fingerprint density at radius 1 is 1.12 bits per heavy atom. The molecule has 1 unspecified atom stereocenters. The van der Waals surface area contributed by atoms with E-state index in [1.165, 1.54) is 0 Å². The molecular formula is C13H11O3P. The zero-order valence-corrected chi connectivity index (χ0v) is 10.1. The van der Waals surface area contributed by atoms with Crippen LogP contribution in [0.5, 0.6) is 5.75 Å². The highest BCUT2D eigenvalue weighted by Crippen LogP contribution is 2.51. The topological polar surface area (TPSA) is 46.5 Å². The van der Waals surface area contributed by atoms with Crippen molar-refractivity contribution in [1.82, 2.24) is 0 Å². The summed E-state index contributed by atoms with van der Waals surface area (Å²) in [6.45, 7) is 1.89. The van der Waals surface area contributed by atoms with Crippen LogP contribution in [0.4, 0.5) is 0 Å². The minimum absolute atomic E-state index is 0.385. The van der Waals surface area contributed by atoms with Gasteiger partial charge in [-0.05, 0) is 19.1 Å². The van der Waals surface area contributed by atoms with E-state index in [0.29, 0.717) is 11.1 Å². The zero-order valence-electron chi connectivity index (χ0n) is 9.25. The van der Waals surface area contributed by atoms with Gasteiger partial charge in [-0.15, -0.1) is 0 Å². The van der Waals surface area contributed by atoms with Crippen molar-refractivity contribution < 1.29 is 14.0 Å². The molecule has 86 valence electrons. The standard InChI is InChI=1S/C13H11O3P/c1-9-6-7-11-10-4-2-3-5-12(10)16-17(14,15)13(11)8-9/h2-8H,1H3,(H,14,15). The summed E-state index contributed by atoms with van der Waals surface area (Å²) in [6, 6.07) is 12.8. The highest BCUT2D eigenvalue weighted by molar-refractivity contribution is 7.62. The zero-order chi connectivity index (χ0) is 12.0. The average Bonchev–Trinajstić information content (AvgIpc) is 2.29. The van der Waals surface area contributed by atoms with E-state index in [9.17, 15) is 9.46 Å². The molecule has 0 aromatic heterocycles. The van der Waals surface area contributed by atoms with Crippen LogP contribution in [-0.4, -0.2) is 4.89 Å². The number of benzene rings is 2. The lowest BCUT2D eigenvalue weighted by atomic mass is 10.0. The molecule has 2 aromatic carbocycles. The summed E-state index contributed by atoms with van der Waals surface area (Å²) in [7, 11) is -3.74. The fraction of sp³-hybridized carbons (Fsp3) is 0.0769. The van der Waals surface area contributed by atoms with E-state index < -0.39 is 7.60 Å². The second-order valence-electron chi connectivity index (χ2n) is 4.13. The van der Waals surface area contributed by atoms with Gasteiger partial charge in [0.15, 0.2) is 0 Å². The third-order valence-corrected chi connectivity index (χ3v) is 4.28. The lowest BCUT2D eigenvalue weighted by molar-refractivity contribution is 0.392. The molecule has 3 rings (SSSR count). The van der Waals surface area contributed by atoms with Gasteiger partial charge in [0.25, 0.3) is 0 Å². The fourth-order valence-electron chi connectivity index (χ4n) is 2.05. The molecule has 0 aliphatic carbocycles. The van der Waals surface area contributed by atoms with Gasteiger partial charge in [-0.3, -0.25) is 0 Å². The van der Waals surface area contributed by atoms with Crippen molar-refractivity contribution >= 4 is 12.9 Å². The molecule has 1 N–H and O–H groups in total. The molecule has 1 aliphatic rings. The Morgan fingerprint density at radius 3 is 2.71 bits per heavy atom. The number of fused-ring (bicyclic) bond motifs is 3. The van der Waals surface area contributed by atoms with Crippen molar-refractivity contribution in [2.75, 3.05) is 0 Å². The molecule has 3 nitrogen and oxygen atoms in total. The molecule has 0 saturated heterocycles. The van der Waals surface area contributed by atoms with E-state index in [1.807, 2.05) is 31.2 Å². The summed E-state index contributed by atoms with van der Waals surface area (Å²) in [6.07, 6.45) is 0. The molecule has 0 spiro atoms. The second-order valence-corrected chi connectivity index (χ2v) is 5.83. The van der Waals surface area contributed by atoms with Gasteiger partial charge in [0.1, 0.15) is 5.75 Å². The van der Waals surface area contributed by atoms with E-state index in [4.69, 9.17) is 4.52 Å². The first-order valence-corrected chi connectivity index (χ1v) is 6.89. The first-order valence-electron chi connectivity index (χ1n) is 5.31. The van der Waals surface area contributed by atoms with Crippen LogP contribution in [0.25, 0.3) is 11.1 Å². The maximum Gasteiger partial charge on any atom is 0.408 e. The van der Waals surface area contributed by atoms with Crippen LogP contribution in [-0.2, 0) is 4.57 Å². The van der Waals surface area contributed by atoms with Gasteiger partial charge in [-0.25, -0.2) is 4.57 Å². The summed E-state index contributed by atoms with van der Waals surface area (Å²) >= 11 is 0. The maximum absolute atomic E-state index is 12.1. The number of rotatable bonds is 0. The molecule has 0 saturated carbocycles.